The van der Waals surface area contributed by atoms with Gasteiger partial charge in [-0.15, -0.1) is 0 Å². The van der Waals surface area contributed by atoms with Gasteiger partial charge in [-0.1, -0.05) is 45.7 Å². The number of hydrogen-bond acceptors (Lipinski definition) is 3. The van der Waals surface area contributed by atoms with Crippen molar-refractivity contribution in [1.82, 2.24) is 4.31 Å². The molecule has 0 saturated heterocycles. The van der Waals surface area contributed by atoms with Gasteiger partial charge >= 0.3 is 6.18 Å². The lowest BCUT2D eigenvalue weighted by Crippen LogP contribution is -2.37. The first-order chi connectivity index (χ1) is 15.4. The molecule has 0 radical (unpaired) electrons. The largest absolute Gasteiger partial charge is 0.416 e. The molecule has 11 heteroatoms. The number of benzene rings is 3. The number of amides is 1. The summed E-state index contributed by atoms with van der Waals surface area (Å²) in [6.07, 6.45) is -4.58. The van der Waals surface area contributed by atoms with E-state index in [2.05, 4.69) is 21.2 Å². The van der Waals surface area contributed by atoms with Gasteiger partial charge in [0, 0.05) is 21.7 Å². The molecule has 0 bridgehead atoms. The highest BCUT2D eigenvalue weighted by Gasteiger charge is 2.31. The molecule has 1 amide bonds. The summed E-state index contributed by atoms with van der Waals surface area (Å²) in [6, 6.07) is 16.4. The molecule has 33 heavy (non-hydrogen) atoms. The molecule has 0 aliphatic heterocycles. The third-order valence-electron chi connectivity index (χ3n) is 4.52. The van der Waals surface area contributed by atoms with E-state index in [9.17, 15) is 26.4 Å². The Morgan fingerprint density at radius 1 is 1.00 bits per heavy atom. The molecule has 0 unspecified atom stereocenters. The highest BCUT2D eigenvalue weighted by Crippen LogP contribution is 2.30. The predicted octanol–water partition coefficient (Wildman–Crippen LogP) is 5.95. The first-order valence-electron chi connectivity index (χ1n) is 9.42. The predicted molar refractivity (Wildman–Crippen MR) is 123 cm³/mol. The van der Waals surface area contributed by atoms with E-state index >= 15 is 0 Å². The van der Waals surface area contributed by atoms with E-state index in [0.717, 1.165) is 27.0 Å². The number of nitrogens with zero attached hydrogens (tertiary/aromatic N) is 1. The number of rotatable bonds is 7. The summed E-state index contributed by atoms with van der Waals surface area (Å²) >= 11 is 9.15. The van der Waals surface area contributed by atoms with Crippen molar-refractivity contribution in [3.63, 3.8) is 0 Å². The van der Waals surface area contributed by atoms with E-state index in [0.29, 0.717) is 10.6 Å². The Morgan fingerprint density at radius 3 is 2.24 bits per heavy atom. The molecule has 0 heterocycles. The lowest BCUT2D eigenvalue weighted by Gasteiger charge is -2.22. The van der Waals surface area contributed by atoms with Crippen LogP contribution in [-0.2, 0) is 27.5 Å². The van der Waals surface area contributed by atoms with Crippen molar-refractivity contribution in [3.05, 3.63) is 93.4 Å². The molecule has 174 valence electrons. The van der Waals surface area contributed by atoms with E-state index < -0.39 is 34.2 Å². The van der Waals surface area contributed by atoms with Crippen molar-refractivity contribution in [3.8, 4) is 0 Å². The Labute approximate surface area is 202 Å². The second kappa shape index (κ2) is 10.3. The van der Waals surface area contributed by atoms with Crippen LogP contribution in [0.2, 0.25) is 5.02 Å². The minimum Gasteiger partial charge on any atom is -0.325 e. The number of alkyl halides is 3. The van der Waals surface area contributed by atoms with Crippen LogP contribution < -0.4 is 5.32 Å². The maximum absolute atomic E-state index is 13.2. The molecule has 0 fully saturated rings. The van der Waals surface area contributed by atoms with Crippen LogP contribution in [-0.4, -0.2) is 25.2 Å². The zero-order valence-corrected chi connectivity index (χ0v) is 20.0. The van der Waals surface area contributed by atoms with Crippen molar-refractivity contribution in [1.29, 1.82) is 0 Å². The number of hydrogen-bond donors (Lipinski definition) is 1. The standard InChI is InChI=1S/C22H17BrClF3N2O3S/c23-17-6-4-15(5-7-17)13-29(33(31,32)20-10-8-18(24)9-11-20)14-21(30)28-19-3-1-2-16(12-19)22(25,26)27/h1-12H,13-14H2,(H,28,30). The van der Waals surface area contributed by atoms with Gasteiger partial charge < -0.3 is 5.32 Å². The fourth-order valence-electron chi connectivity index (χ4n) is 2.91. The summed E-state index contributed by atoms with van der Waals surface area (Å²) in [6.45, 7) is -0.745. The van der Waals surface area contributed by atoms with Crippen LogP contribution >= 0.6 is 27.5 Å². The van der Waals surface area contributed by atoms with Crippen molar-refractivity contribution in [2.45, 2.75) is 17.6 Å². The van der Waals surface area contributed by atoms with Crippen molar-refractivity contribution in [2.24, 2.45) is 0 Å². The summed E-state index contributed by atoms with van der Waals surface area (Å²) in [5.41, 5.74) is -0.411. The SMILES string of the molecule is O=C(CN(Cc1ccc(Br)cc1)S(=O)(=O)c1ccc(Cl)cc1)Nc1cccc(C(F)(F)F)c1. The Morgan fingerprint density at radius 2 is 1.64 bits per heavy atom. The van der Waals surface area contributed by atoms with Gasteiger partial charge in [-0.3, -0.25) is 4.79 Å². The first-order valence-corrected chi connectivity index (χ1v) is 12.0. The Balaban J connectivity index is 1.86. The van der Waals surface area contributed by atoms with Crippen molar-refractivity contribution in [2.75, 3.05) is 11.9 Å². The molecule has 5 nitrogen and oxygen atoms in total. The minimum atomic E-state index is -4.58. The minimum absolute atomic E-state index is 0.0733. The van der Waals surface area contributed by atoms with Gasteiger partial charge in [-0.25, -0.2) is 8.42 Å². The van der Waals surface area contributed by atoms with E-state index in [-0.39, 0.29) is 17.1 Å². The normalized spacial score (nSPS) is 12.1. The van der Waals surface area contributed by atoms with E-state index in [1.165, 1.54) is 30.3 Å². The van der Waals surface area contributed by atoms with Crippen LogP contribution in [0.15, 0.2) is 82.2 Å². The van der Waals surface area contributed by atoms with Crippen LogP contribution in [0, 0.1) is 0 Å². The van der Waals surface area contributed by atoms with Crippen LogP contribution in [0.1, 0.15) is 11.1 Å². The average Bonchev–Trinajstić information content (AvgIpc) is 2.74. The maximum Gasteiger partial charge on any atom is 0.416 e. The van der Waals surface area contributed by atoms with E-state index in [4.69, 9.17) is 11.6 Å². The number of sulfonamides is 1. The molecule has 0 aliphatic carbocycles. The van der Waals surface area contributed by atoms with Crippen LogP contribution in [0.3, 0.4) is 0 Å². The second-order valence-corrected chi connectivity index (χ2v) is 10.3. The summed E-state index contributed by atoms with van der Waals surface area (Å²) in [5.74, 6) is -0.788. The van der Waals surface area contributed by atoms with Crippen LogP contribution in [0.4, 0.5) is 18.9 Å². The van der Waals surface area contributed by atoms with Gasteiger partial charge in [0.2, 0.25) is 15.9 Å². The Kier molecular flexibility index (Phi) is 7.84. The maximum atomic E-state index is 13.2. The van der Waals surface area contributed by atoms with Gasteiger partial charge in [0.1, 0.15) is 0 Å². The molecule has 0 spiro atoms. The topological polar surface area (TPSA) is 66.5 Å². The second-order valence-electron chi connectivity index (χ2n) is 6.98. The van der Waals surface area contributed by atoms with E-state index in [1.54, 1.807) is 24.3 Å². The molecule has 0 aromatic heterocycles. The zero-order valence-electron chi connectivity index (χ0n) is 16.8. The number of halogens is 5. The summed E-state index contributed by atoms with van der Waals surface area (Å²) in [4.78, 5) is 12.6. The van der Waals surface area contributed by atoms with Crippen molar-refractivity contribution < 1.29 is 26.4 Å². The third kappa shape index (κ3) is 6.80. The number of nitrogens with one attached hydrogen (secondary N) is 1. The molecule has 0 saturated carbocycles. The van der Waals surface area contributed by atoms with Crippen LogP contribution in [0.25, 0.3) is 0 Å². The smallest absolute Gasteiger partial charge is 0.325 e. The quantitative estimate of drug-likeness (QED) is 0.388. The Bertz CT molecular complexity index is 1230. The lowest BCUT2D eigenvalue weighted by molar-refractivity contribution is -0.137. The first kappa shape index (κ1) is 25.2. The molecule has 0 atom stereocenters. The molecule has 1 N–H and O–H groups in total. The number of carbonyl (C=O) groups is 1. The average molecular weight is 562 g/mol. The summed E-state index contributed by atoms with van der Waals surface area (Å²) in [7, 11) is -4.12. The molecule has 3 aromatic rings. The fraction of sp³-hybridized carbons (Fsp3) is 0.136. The van der Waals surface area contributed by atoms with Gasteiger partial charge in [0.05, 0.1) is 17.0 Å². The molecule has 3 aromatic carbocycles. The Hall–Kier alpha value is -2.40. The molecular weight excluding hydrogens is 545 g/mol. The van der Waals surface area contributed by atoms with Crippen LogP contribution in [0.5, 0.6) is 0 Å². The highest BCUT2D eigenvalue weighted by atomic mass is 79.9. The van der Waals surface area contributed by atoms with Gasteiger partial charge in [-0.05, 0) is 60.2 Å². The van der Waals surface area contributed by atoms with Crippen molar-refractivity contribution >= 4 is 49.1 Å². The monoisotopic (exact) mass is 560 g/mol. The fourth-order valence-corrected chi connectivity index (χ4v) is 4.68. The summed E-state index contributed by atoms with van der Waals surface area (Å²) < 4.78 is 67.0. The van der Waals surface area contributed by atoms with Gasteiger partial charge in [-0.2, -0.15) is 17.5 Å². The van der Waals surface area contributed by atoms with E-state index in [1.807, 2.05) is 0 Å². The molecule has 0 aliphatic rings. The zero-order chi connectivity index (χ0) is 24.2. The highest BCUT2D eigenvalue weighted by molar-refractivity contribution is 9.10. The molecular formula is C22H17BrClF3N2O3S. The van der Waals surface area contributed by atoms with Gasteiger partial charge in [0.25, 0.3) is 0 Å². The molecule has 3 rings (SSSR count). The lowest BCUT2D eigenvalue weighted by atomic mass is 10.2. The third-order valence-corrected chi connectivity index (χ3v) is 7.10. The number of anilines is 1. The van der Waals surface area contributed by atoms with Gasteiger partial charge in [0.15, 0.2) is 0 Å². The summed E-state index contributed by atoms with van der Waals surface area (Å²) in [5, 5.41) is 2.68. The number of carbonyl (C=O) groups excluding carboxylic acids is 1.